The molecule has 0 radical (unpaired) electrons. The zero-order valence-corrected chi connectivity index (χ0v) is 12.4. The minimum absolute atomic E-state index is 0.579. The number of rotatable bonds is 4. The summed E-state index contributed by atoms with van der Waals surface area (Å²) in [4.78, 5) is 11.6. The lowest BCUT2D eigenvalue weighted by atomic mass is 10.1. The van der Waals surface area contributed by atoms with Gasteiger partial charge in [-0.2, -0.15) is 4.98 Å². The molecule has 0 amide bonds. The number of anilines is 2. The molecule has 1 atom stereocenters. The highest BCUT2D eigenvalue weighted by atomic mass is 15.2. The van der Waals surface area contributed by atoms with E-state index in [2.05, 4.69) is 36.0 Å². The summed E-state index contributed by atoms with van der Waals surface area (Å²) in [5, 5.41) is 3.28. The number of hydrogen-bond donors (Lipinski definition) is 1. The molecular weight excluding hydrogens is 236 g/mol. The SMILES string of the molecule is CCCNc1ncc(C)c(N2CCCCCC2C)n1. The predicted octanol–water partition coefficient (Wildman–Crippen LogP) is 3.38. The molecule has 0 spiro atoms. The van der Waals surface area contributed by atoms with E-state index in [9.17, 15) is 0 Å². The van der Waals surface area contributed by atoms with E-state index >= 15 is 0 Å². The summed E-state index contributed by atoms with van der Waals surface area (Å²) in [7, 11) is 0. The molecule has 1 fully saturated rings. The van der Waals surface area contributed by atoms with E-state index in [1.54, 1.807) is 0 Å². The Balaban J connectivity index is 2.20. The summed E-state index contributed by atoms with van der Waals surface area (Å²) < 4.78 is 0. The number of nitrogens with zero attached hydrogens (tertiary/aromatic N) is 3. The molecule has 0 bridgehead atoms. The maximum atomic E-state index is 4.73. The lowest BCUT2D eigenvalue weighted by molar-refractivity contribution is 0.609. The molecule has 4 nitrogen and oxygen atoms in total. The van der Waals surface area contributed by atoms with Crippen molar-refractivity contribution in [2.45, 2.75) is 58.9 Å². The molecule has 0 aromatic carbocycles. The summed E-state index contributed by atoms with van der Waals surface area (Å²) in [6.45, 7) is 8.62. The monoisotopic (exact) mass is 262 g/mol. The minimum atomic E-state index is 0.579. The second-order valence-corrected chi connectivity index (χ2v) is 5.52. The zero-order chi connectivity index (χ0) is 13.7. The molecule has 1 aliphatic heterocycles. The average molecular weight is 262 g/mol. The molecule has 1 aliphatic rings. The highest BCUT2D eigenvalue weighted by molar-refractivity contribution is 5.49. The van der Waals surface area contributed by atoms with E-state index in [0.29, 0.717) is 6.04 Å². The Morgan fingerprint density at radius 3 is 3.00 bits per heavy atom. The van der Waals surface area contributed by atoms with Gasteiger partial charge in [0, 0.05) is 30.9 Å². The normalized spacial score (nSPS) is 20.2. The molecule has 2 heterocycles. The van der Waals surface area contributed by atoms with Crippen LogP contribution in [0.15, 0.2) is 6.20 Å². The first-order chi connectivity index (χ1) is 9.22. The van der Waals surface area contributed by atoms with Gasteiger partial charge in [0.05, 0.1) is 0 Å². The maximum absolute atomic E-state index is 4.73. The van der Waals surface area contributed by atoms with Crippen LogP contribution in [0.5, 0.6) is 0 Å². The van der Waals surface area contributed by atoms with Gasteiger partial charge in [-0.05, 0) is 33.1 Å². The van der Waals surface area contributed by atoms with Gasteiger partial charge in [0.15, 0.2) is 0 Å². The predicted molar refractivity (Wildman–Crippen MR) is 80.8 cm³/mol. The summed E-state index contributed by atoms with van der Waals surface area (Å²) in [6.07, 6.45) is 8.24. The van der Waals surface area contributed by atoms with Crippen LogP contribution < -0.4 is 10.2 Å². The van der Waals surface area contributed by atoms with Crippen molar-refractivity contribution < 1.29 is 0 Å². The minimum Gasteiger partial charge on any atom is -0.354 e. The van der Waals surface area contributed by atoms with Gasteiger partial charge in [-0.15, -0.1) is 0 Å². The van der Waals surface area contributed by atoms with Gasteiger partial charge < -0.3 is 10.2 Å². The van der Waals surface area contributed by atoms with Gasteiger partial charge in [0.2, 0.25) is 5.95 Å². The number of aromatic nitrogens is 2. The van der Waals surface area contributed by atoms with E-state index in [-0.39, 0.29) is 0 Å². The Labute approximate surface area is 116 Å². The van der Waals surface area contributed by atoms with Gasteiger partial charge in [0.1, 0.15) is 5.82 Å². The standard InChI is InChI=1S/C15H26N4/c1-4-9-16-15-17-11-12(2)14(18-15)19-10-7-5-6-8-13(19)3/h11,13H,4-10H2,1-3H3,(H,16,17,18). The van der Waals surface area contributed by atoms with Gasteiger partial charge in [-0.25, -0.2) is 4.98 Å². The fourth-order valence-corrected chi connectivity index (χ4v) is 2.64. The molecule has 1 aromatic heterocycles. The zero-order valence-electron chi connectivity index (χ0n) is 12.4. The highest BCUT2D eigenvalue weighted by Gasteiger charge is 2.20. The molecule has 4 heteroatoms. The van der Waals surface area contributed by atoms with Gasteiger partial charge in [-0.1, -0.05) is 19.8 Å². The molecule has 1 N–H and O–H groups in total. The summed E-state index contributed by atoms with van der Waals surface area (Å²) in [6, 6.07) is 0.579. The third-order valence-corrected chi connectivity index (χ3v) is 3.80. The largest absolute Gasteiger partial charge is 0.354 e. The Hall–Kier alpha value is -1.32. The van der Waals surface area contributed by atoms with Gasteiger partial charge >= 0.3 is 0 Å². The topological polar surface area (TPSA) is 41.1 Å². The third-order valence-electron chi connectivity index (χ3n) is 3.80. The van der Waals surface area contributed by atoms with Crippen molar-refractivity contribution in [2.75, 3.05) is 23.3 Å². The Bertz CT molecular complexity index is 405. The van der Waals surface area contributed by atoms with Crippen molar-refractivity contribution >= 4 is 11.8 Å². The lowest BCUT2D eigenvalue weighted by Gasteiger charge is -2.29. The molecule has 1 saturated heterocycles. The van der Waals surface area contributed by atoms with Crippen molar-refractivity contribution in [1.29, 1.82) is 0 Å². The smallest absolute Gasteiger partial charge is 0.224 e. The first-order valence-electron chi connectivity index (χ1n) is 7.56. The van der Waals surface area contributed by atoms with E-state index in [1.807, 2.05) is 6.20 Å². The molecule has 0 saturated carbocycles. The second kappa shape index (κ2) is 6.73. The van der Waals surface area contributed by atoms with Crippen LogP contribution >= 0.6 is 0 Å². The second-order valence-electron chi connectivity index (χ2n) is 5.52. The van der Waals surface area contributed by atoms with Crippen molar-refractivity contribution in [3.05, 3.63) is 11.8 Å². The number of aryl methyl sites for hydroxylation is 1. The van der Waals surface area contributed by atoms with Crippen LogP contribution in [0.25, 0.3) is 0 Å². The van der Waals surface area contributed by atoms with Crippen LogP contribution in [-0.2, 0) is 0 Å². The Morgan fingerprint density at radius 1 is 1.37 bits per heavy atom. The van der Waals surface area contributed by atoms with Crippen LogP contribution in [0.4, 0.5) is 11.8 Å². The average Bonchev–Trinajstić information content (AvgIpc) is 2.63. The first kappa shape index (κ1) is 14.1. The van der Waals surface area contributed by atoms with Crippen LogP contribution in [0.2, 0.25) is 0 Å². The molecule has 2 rings (SSSR count). The fraction of sp³-hybridized carbons (Fsp3) is 0.733. The summed E-state index contributed by atoms with van der Waals surface area (Å²) >= 11 is 0. The van der Waals surface area contributed by atoms with E-state index in [4.69, 9.17) is 4.98 Å². The van der Waals surface area contributed by atoms with Crippen molar-refractivity contribution in [3.63, 3.8) is 0 Å². The lowest BCUT2D eigenvalue weighted by Crippen LogP contribution is -2.34. The molecule has 1 unspecified atom stereocenters. The molecular formula is C15H26N4. The third kappa shape index (κ3) is 3.58. The highest BCUT2D eigenvalue weighted by Crippen LogP contribution is 2.25. The number of nitrogens with one attached hydrogen (secondary N) is 1. The quantitative estimate of drug-likeness (QED) is 0.903. The summed E-state index contributed by atoms with van der Waals surface area (Å²) in [5.41, 5.74) is 1.18. The van der Waals surface area contributed by atoms with E-state index in [1.165, 1.54) is 31.2 Å². The molecule has 106 valence electrons. The van der Waals surface area contributed by atoms with Gasteiger partial charge in [0.25, 0.3) is 0 Å². The number of hydrogen-bond acceptors (Lipinski definition) is 4. The van der Waals surface area contributed by atoms with E-state index < -0.39 is 0 Å². The van der Waals surface area contributed by atoms with Crippen LogP contribution in [0, 0.1) is 6.92 Å². The molecule has 0 aliphatic carbocycles. The Morgan fingerprint density at radius 2 is 2.21 bits per heavy atom. The fourth-order valence-electron chi connectivity index (χ4n) is 2.64. The van der Waals surface area contributed by atoms with Crippen molar-refractivity contribution in [1.82, 2.24) is 9.97 Å². The van der Waals surface area contributed by atoms with Crippen LogP contribution in [0.1, 0.15) is 51.5 Å². The van der Waals surface area contributed by atoms with Crippen LogP contribution in [-0.4, -0.2) is 29.1 Å². The first-order valence-corrected chi connectivity index (χ1v) is 7.56. The van der Waals surface area contributed by atoms with E-state index in [0.717, 1.165) is 31.3 Å². The molecule has 19 heavy (non-hydrogen) atoms. The van der Waals surface area contributed by atoms with Crippen LogP contribution in [0.3, 0.4) is 0 Å². The van der Waals surface area contributed by atoms with Crippen molar-refractivity contribution in [2.24, 2.45) is 0 Å². The maximum Gasteiger partial charge on any atom is 0.224 e. The summed E-state index contributed by atoms with van der Waals surface area (Å²) in [5.74, 6) is 1.88. The Kier molecular flexibility index (Phi) is 5.00. The van der Waals surface area contributed by atoms with Crippen molar-refractivity contribution in [3.8, 4) is 0 Å². The van der Waals surface area contributed by atoms with Gasteiger partial charge in [-0.3, -0.25) is 0 Å². The molecule has 1 aromatic rings.